The van der Waals surface area contributed by atoms with Gasteiger partial charge in [-0.2, -0.15) is 0 Å². The summed E-state index contributed by atoms with van der Waals surface area (Å²) >= 11 is 0. The molecule has 0 bridgehead atoms. The van der Waals surface area contributed by atoms with Gasteiger partial charge in [0.1, 0.15) is 0 Å². The summed E-state index contributed by atoms with van der Waals surface area (Å²) in [6.07, 6.45) is 5.49. The molecular weight excluding hydrogens is 779 g/mol. The van der Waals surface area contributed by atoms with Crippen LogP contribution in [0, 0.1) is 32.0 Å². The van der Waals surface area contributed by atoms with E-state index in [1.54, 1.807) is 12.1 Å². The molecule has 0 amide bonds. The monoisotopic (exact) mass is 822 g/mol. The molecule has 0 aliphatic rings. The molecule has 0 unspecified atom stereocenters. The summed E-state index contributed by atoms with van der Waals surface area (Å²) in [4.78, 5) is 9.10. The molecular formula is C44H37IrN3O-2. The van der Waals surface area contributed by atoms with Crippen molar-refractivity contribution in [3.8, 4) is 39.5 Å². The third kappa shape index (κ3) is 7.49. The number of furan rings is 1. The molecule has 1 radical (unpaired) electrons. The molecule has 8 aromatic rings. The van der Waals surface area contributed by atoms with Crippen molar-refractivity contribution in [2.24, 2.45) is 5.92 Å². The Morgan fingerprint density at radius 1 is 0.796 bits per heavy atom. The largest absolute Gasteiger partial charge is 0.557 e. The number of imidazole rings is 1. The average Bonchev–Trinajstić information content (AvgIpc) is 3.76. The maximum absolute atomic E-state index is 7.28. The zero-order valence-corrected chi connectivity index (χ0v) is 29.5. The van der Waals surface area contributed by atoms with E-state index in [1.807, 2.05) is 12.1 Å². The number of para-hydroxylation sites is 2. The van der Waals surface area contributed by atoms with Crippen molar-refractivity contribution in [2.45, 2.75) is 34.0 Å². The average molecular weight is 822 g/mol. The fourth-order valence-corrected chi connectivity index (χ4v) is 5.81. The summed E-state index contributed by atoms with van der Waals surface area (Å²) in [7, 11) is 0. The molecule has 0 atom stereocenters. The Balaban J connectivity index is 0.000000211. The van der Waals surface area contributed by atoms with Crippen LogP contribution in [0.5, 0.6) is 0 Å². The quantitative estimate of drug-likeness (QED) is 0.157. The van der Waals surface area contributed by atoms with E-state index in [4.69, 9.17) is 17.6 Å². The van der Waals surface area contributed by atoms with Crippen molar-refractivity contribution in [3.63, 3.8) is 0 Å². The standard InChI is InChI=1S/C31H25N2O.C13H12N.Ir/c1-21(2)18-22-12-17-30-26(19-22)27(20-34-30)31-32-28-10-6-7-11-29(28)33(31)25-15-13-24(14-16-25)23-8-4-3-5-9-23;1-10-3-6-12(7-4-10)13-8-5-11(2)9-14-13;/h3-17,19,21H,18H2,1-2H3;3-6,8-9H,1-2H3;/q2*-1;/i;1D3,2D3;. The van der Waals surface area contributed by atoms with Gasteiger partial charge in [-0.15, -0.1) is 35.4 Å². The number of pyridine rings is 1. The van der Waals surface area contributed by atoms with Gasteiger partial charge < -0.3 is 14.0 Å². The van der Waals surface area contributed by atoms with Crippen LogP contribution >= 0.6 is 0 Å². The normalized spacial score (nSPS) is 13.3. The van der Waals surface area contributed by atoms with Crippen molar-refractivity contribution in [1.29, 1.82) is 0 Å². The molecule has 245 valence electrons. The van der Waals surface area contributed by atoms with Crippen LogP contribution in [0.2, 0.25) is 0 Å². The first kappa shape index (κ1) is 26.8. The van der Waals surface area contributed by atoms with Gasteiger partial charge in [-0.25, -0.2) is 0 Å². The van der Waals surface area contributed by atoms with E-state index in [0.29, 0.717) is 17.2 Å². The number of fused-ring (bicyclic) bond motifs is 2. The predicted molar refractivity (Wildman–Crippen MR) is 197 cm³/mol. The summed E-state index contributed by atoms with van der Waals surface area (Å²) < 4.78 is 51.7. The van der Waals surface area contributed by atoms with Crippen LogP contribution in [0.25, 0.3) is 61.5 Å². The molecule has 0 fully saturated rings. The predicted octanol–water partition coefficient (Wildman–Crippen LogP) is 11.3. The van der Waals surface area contributed by atoms with Crippen molar-refractivity contribution in [1.82, 2.24) is 14.5 Å². The number of benzene rings is 5. The van der Waals surface area contributed by atoms with Crippen molar-refractivity contribution in [3.05, 3.63) is 163 Å². The van der Waals surface area contributed by atoms with Gasteiger partial charge in [0.2, 0.25) is 0 Å². The summed E-state index contributed by atoms with van der Waals surface area (Å²) in [5.74, 6) is 1.43. The SMILES string of the molecule is CC(C)Cc1ccc2o[c-]c(-c3nc4ccccc4n3-c3ccc(-c4ccccc4)cc3)c2c1.[2H]C([2H])([2H])c1c[c-]c(-c2ccc(C([2H])([2H])[2H])cn2)cc1.[Ir]. The van der Waals surface area contributed by atoms with Crippen LogP contribution in [0.4, 0.5) is 0 Å². The fourth-order valence-electron chi connectivity index (χ4n) is 5.81. The fraction of sp³-hybridized carbons (Fsp3) is 0.136. The smallest absolute Gasteiger partial charge is 0.0774 e. The molecule has 5 aromatic carbocycles. The Morgan fingerprint density at radius 3 is 2.27 bits per heavy atom. The van der Waals surface area contributed by atoms with E-state index in [2.05, 4.69) is 121 Å². The van der Waals surface area contributed by atoms with Gasteiger partial charge in [-0.05, 0) is 65.8 Å². The number of aryl methyl sites for hydroxylation is 2. The first-order valence-corrected chi connectivity index (χ1v) is 15.9. The van der Waals surface area contributed by atoms with E-state index in [9.17, 15) is 0 Å². The minimum atomic E-state index is -2.18. The van der Waals surface area contributed by atoms with Crippen LogP contribution in [0.3, 0.4) is 0 Å². The second kappa shape index (κ2) is 15.0. The van der Waals surface area contributed by atoms with Crippen molar-refractivity contribution < 1.29 is 32.7 Å². The van der Waals surface area contributed by atoms with E-state index >= 15 is 0 Å². The molecule has 5 heteroatoms. The zero-order chi connectivity index (χ0) is 38.0. The second-order valence-corrected chi connectivity index (χ2v) is 12.1. The topological polar surface area (TPSA) is 43.9 Å². The second-order valence-electron chi connectivity index (χ2n) is 12.1. The number of aromatic nitrogens is 3. The third-order valence-electron chi connectivity index (χ3n) is 8.09. The Hall–Kier alpha value is -5.09. The van der Waals surface area contributed by atoms with E-state index in [1.165, 1.54) is 41.1 Å². The minimum absolute atomic E-state index is 0. The zero-order valence-electron chi connectivity index (χ0n) is 33.1. The molecule has 0 spiro atoms. The number of nitrogens with zero attached hydrogens (tertiary/aromatic N) is 3. The maximum Gasteiger partial charge on any atom is 0.0774 e. The maximum atomic E-state index is 7.28. The van der Waals surface area contributed by atoms with Gasteiger partial charge in [0.15, 0.2) is 0 Å². The van der Waals surface area contributed by atoms with Crippen molar-refractivity contribution >= 4 is 22.0 Å². The summed E-state index contributed by atoms with van der Waals surface area (Å²) in [6, 6.07) is 44.2. The van der Waals surface area contributed by atoms with Gasteiger partial charge in [-0.3, -0.25) is 4.98 Å². The molecule has 0 aliphatic heterocycles. The molecule has 0 saturated heterocycles. The summed E-state index contributed by atoms with van der Waals surface area (Å²) in [5, 5.41) is 1.05. The van der Waals surface area contributed by atoms with Gasteiger partial charge >= 0.3 is 0 Å². The van der Waals surface area contributed by atoms with E-state index < -0.39 is 13.7 Å². The summed E-state index contributed by atoms with van der Waals surface area (Å²) in [6.45, 7) is 0.143. The Labute approximate surface area is 310 Å². The molecule has 3 heterocycles. The molecule has 3 aromatic heterocycles. The first-order chi connectivity index (χ1) is 25.8. The molecule has 0 N–H and O–H groups in total. The van der Waals surface area contributed by atoms with Gasteiger partial charge in [0.25, 0.3) is 0 Å². The number of hydrogen-bond acceptors (Lipinski definition) is 3. The van der Waals surface area contributed by atoms with Crippen LogP contribution in [0.1, 0.15) is 38.8 Å². The molecule has 0 saturated carbocycles. The molecule has 8 rings (SSSR count). The van der Waals surface area contributed by atoms with Crippen LogP contribution < -0.4 is 0 Å². The van der Waals surface area contributed by atoms with E-state index in [0.717, 1.165) is 45.5 Å². The Morgan fingerprint density at radius 2 is 1.55 bits per heavy atom. The van der Waals surface area contributed by atoms with Crippen molar-refractivity contribution in [2.75, 3.05) is 0 Å². The van der Waals surface area contributed by atoms with Gasteiger partial charge in [-0.1, -0.05) is 122 Å². The Kier molecular flexibility index (Phi) is 8.20. The van der Waals surface area contributed by atoms with Crippen LogP contribution in [0.15, 0.2) is 138 Å². The van der Waals surface area contributed by atoms with Crippen LogP contribution in [-0.4, -0.2) is 14.5 Å². The molecule has 0 aliphatic carbocycles. The first-order valence-electron chi connectivity index (χ1n) is 18.9. The van der Waals surface area contributed by atoms with Gasteiger partial charge in [0, 0.05) is 52.1 Å². The number of rotatable bonds is 6. The molecule has 49 heavy (non-hydrogen) atoms. The van der Waals surface area contributed by atoms with Gasteiger partial charge in [0.05, 0.1) is 16.9 Å². The van der Waals surface area contributed by atoms with Crippen LogP contribution in [-0.2, 0) is 26.5 Å². The Bertz CT molecular complexity index is 2450. The number of hydrogen-bond donors (Lipinski definition) is 0. The summed E-state index contributed by atoms with van der Waals surface area (Å²) in [5.41, 5.74) is 10.0. The van der Waals surface area contributed by atoms with E-state index in [-0.39, 0.29) is 31.2 Å². The molecule has 4 nitrogen and oxygen atoms in total. The third-order valence-corrected chi connectivity index (χ3v) is 8.09. The minimum Gasteiger partial charge on any atom is -0.557 e.